The molecule has 0 aliphatic heterocycles. The van der Waals surface area contributed by atoms with Crippen molar-refractivity contribution in [3.63, 3.8) is 0 Å². The van der Waals surface area contributed by atoms with E-state index in [2.05, 4.69) is 12.2 Å². The van der Waals surface area contributed by atoms with Crippen LogP contribution in [0.3, 0.4) is 0 Å². The molecule has 0 aliphatic rings. The molecular formula is C39H42N2O8. The van der Waals surface area contributed by atoms with Gasteiger partial charge in [0.2, 0.25) is 0 Å². The first-order valence-corrected chi connectivity index (χ1v) is 16.4. The molecule has 0 fully saturated rings. The fourth-order valence-electron chi connectivity index (χ4n) is 4.88. The van der Waals surface area contributed by atoms with E-state index in [0.717, 1.165) is 18.4 Å². The highest BCUT2D eigenvalue weighted by atomic mass is 16.6. The molecule has 0 bridgehead atoms. The van der Waals surface area contributed by atoms with Gasteiger partial charge in [-0.25, -0.2) is 14.4 Å². The van der Waals surface area contributed by atoms with Crippen molar-refractivity contribution >= 4 is 29.6 Å². The second-order valence-corrected chi connectivity index (χ2v) is 11.5. The number of aliphatic carboxylic acids is 1. The van der Waals surface area contributed by atoms with Crippen molar-refractivity contribution in [2.75, 3.05) is 18.6 Å². The molecule has 0 unspecified atom stereocenters. The average molecular weight is 667 g/mol. The van der Waals surface area contributed by atoms with E-state index >= 15 is 0 Å². The highest BCUT2D eigenvalue weighted by Gasteiger charge is 2.22. The number of nitrogens with zero attached hydrogens (tertiary/aromatic N) is 1. The van der Waals surface area contributed by atoms with Crippen LogP contribution < -0.4 is 19.7 Å². The first kappa shape index (κ1) is 36.2. The Morgan fingerprint density at radius 2 is 1.37 bits per heavy atom. The predicted molar refractivity (Wildman–Crippen MR) is 186 cm³/mol. The van der Waals surface area contributed by atoms with Crippen LogP contribution in [0.5, 0.6) is 11.5 Å². The van der Waals surface area contributed by atoms with Gasteiger partial charge in [-0.1, -0.05) is 75.1 Å². The standard InChI is InChI=1S/C39H42N2O8/c1-3-4-5-6-10-25-47-33-23-17-31(18-24-33)38(45)49-34-21-13-28(14-22-34)26-35(37(43)44)40-36(42)30-15-19-32(20-16-30)41(2)39(46)48-27-29-11-8-7-9-12-29/h7-9,11-24,35H,3-6,10,25-27H2,1-2H3,(H,40,42)(H,43,44)/t35-/m0/s1. The number of nitrogens with one attached hydrogen (secondary N) is 1. The van der Waals surface area contributed by atoms with Crippen molar-refractivity contribution in [1.29, 1.82) is 0 Å². The summed E-state index contributed by atoms with van der Waals surface area (Å²) in [6, 6.07) is 27.4. The van der Waals surface area contributed by atoms with Crippen molar-refractivity contribution < 1.29 is 38.5 Å². The van der Waals surface area contributed by atoms with Gasteiger partial charge in [0, 0.05) is 24.7 Å². The Balaban J connectivity index is 1.25. The number of unbranched alkanes of at least 4 members (excludes halogenated alkanes) is 4. The summed E-state index contributed by atoms with van der Waals surface area (Å²) in [4.78, 5) is 51.4. The average Bonchev–Trinajstić information content (AvgIpc) is 3.12. The first-order valence-electron chi connectivity index (χ1n) is 16.4. The van der Waals surface area contributed by atoms with Crippen molar-refractivity contribution in [3.8, 4) is 11.5 Å². The van der Waals surface area contributed by atoms with E-state index < -0.39 is 30.0 Å². The summed E-state index contributed by atoms with van der Waals surface area (Å²) in [5.41, 5.74) is 2.57. The minimum absolute atomic E-state index is 0.00341. The highest BCUT2D eigenvalue weighted by molar-refractivity contribution is 5.97. The van der Waals surface area contributed by atoms with Gasteiger partial charge in [-0.3, -0.25) is 9.69 Å². The lowest BCUT2D eigenvalue weighted by Crippen LogP contribution is -2.42. The van der Waals surface area contributed by atoms with Crippen LogP contribution in [0.15, 0.2) is 103 Å². The maximum Gasteiger partial charge on any atom is 0.414 e. The molecule has 4 aromatic carbocycles. The van der Waals surface area contributed by atoms with E-state index in [1.54, 1.807) is 67.7 Å². The fraction of sp³-hybridized carbons (Fsp3) is 0.282. The number of benzene rings is 4. The topological polar surface area (TPSA) is 131 Å². The largest absolute Gasteiger partial charge is 0.494 e. The van der Waals surface area contributed by atoms with Crippen LogP contribution in [0.2, 0.25) is 0 Å². The van der Waals surface area contributed by atoms with Gasteiger partial charge in [0.25, 0.3) is 5.91 Å². The predicted octanol–water partition coefficient (Wildman–Crippen LogP) is 7.45. The van der Waals surface area contributed by atoms with Crippen LogP contribution in [-0.2, 0) is 22.6 Å². The SMILES string of the molecule is CCCCCCCOc1ccc(C(=O)Oc2ccc(C[C@H](NC(=O)c3ccc(N(C)C(=O)OCc4ccccc4)cc3)C(=O)O)cc2)cc1. The van der Waals surface area contributed by atoms with Crippen LogP contribution >= 0.6 is 0 Å². The van der Waals surface area contributed by atoms with E-state index in [0.29, 0.717) is 34.9 Å². The Morgan fingerprint density at radius 3 is 2.02 bits per heavy atom. The zero-order chi connectivity index (χ0) is 35.0. The van der Waals surface area contributed by atoms with Gasteiger partial charge in [-0.2, -0.15) is 0 Å². The Bertz CT molecular complexity index is 1660. The fourth-order valence-corrected chi connectivity index (χ4v) is 4.88. The van der Waals surface area contributed by atoms with Crippen LogP contribution in [0.1, 0.15) is 70.9 Å². The Morgan fingerprint density at radius 1 is 0.735 bits per heavy atom. The lowest BCUT2D eigenvalue weighted by atomic mass is 10.0. The van der Waals surface area contributed by atoms with Gasteiger partial charge in [-0.15, -0.1) is 0 Å². The summed E-state index contributed by atoms with van der Waals surface area (Å²) in [5.74, 6) is -1.33. The van der Waals surface area contributed by atoms with Crippen molar-refractivity contribution in [2.24, 2.45) is 0 Å². The van der Waals surface area contributed by atoms with Gasteiger partial charge in [-0.05, 0) is 78.2 Å². The van der Waals surface area contributed by atoms with Crippen LogP contribution in [0, 0.1) is 0 Å². The van der Waals surface area contributed by atoms with Gasteiger partial charge in [0.1, 0.15) is 24.1 Å². The number of carboxylic acids is 1. The third-order valence-electron chi connectivity index (χ3n) is 7.78. The summed E-state index contributed by atoms with van der Waals surface area (Å²) < 4.78 is 16.6. The highest BCUT2D eigenvalue weighted by Crippen LogP contribution is 2.19. The molecule has 0 aromatic heterocycles. The summed E-state index contributed by atoms with van der Waals surface area (Å²) in [6.07, 6.45) is 5.20. The van der Waals surface area contributed by atoms with E-state index in [4.69, 9.17) is 14.2 Å². The smallest absolute Gasteiger partial charge is 0.414 e. The van der Waals surface area contributed by atoms with Gasteiger partial charge < -0.3 is 24.6 Å². The van der Waals surface area contributed by atoms with Gasteiger partial charge in [0.05, 0.1) is 12.2 Å². The third kappa shape index (κ3) is 11.5. The van der Waals surface area contributed by atoms with Gasteiger partial charge >= 0.3 is 18.0 Å². The second kappa shape index (κ2) is 18.6. The summed E-state index contributed by atoms with van der Waals surface area (Å²) in [7, 11) is 1.55. The molecule has 1 atom stereocenters. The minimum Gasteiger partial charge on any atom is -0.494 e. The minimum atomic E-state index is -1.21. The molecule has 0 aliphatic carbocycles. The molecule has 2 N–H and O–H groups in total. The van der Waals surface area contributed by atoms with E-state index in [1.165, 1.54) is 36.3 Å². The van der Waals surface area contributed by atoms with Crippen molar-refractivity contribution in [3.05, 3.63) is 125 Å². The molecule has 10 heteroatoms. The lowest BCUT2D eigenvalue weighted by molar-refractivity contribution is -0.139. The molecule has 0 saturated heterocycles. The Hall–Kier alpha value is -5.64. The number of carboxylic acid groups (broad SMARTS) is 1. The number of carbonyl (C=O) groups excluding carboxylic acids is 3. The number of hydrogen-bond donors (Lipinski definition) is 2. The zero-order valence-electron chi connectivity index (χ0n) is 27.8. The zero-order valence-corrected chi connectivity index (χ0v) is 27.8. The number of amides is 2. The second-order valence-electron chi connectivity index (χ2n) is 11.5. The molecule has 0 spiro atoms. The molecular weight excluding hydrogens is 624 g/mol. The quantitative estimate of drug-likeness (QED) is 0.0675. The monoisotopic (exact) mass is 666 g/mol. The number of esters is 1. The summed E-state index contributed by atoms with van der Waals surface area (Å²) in [6.45, 7) is 2.94. The molecule has 4 aromatic rings. The normalized spacial score (nSPS) is 11.2. The maximum atomic E-state index is 12.9. The molecule has 2 amide bonds. The number of hydrogen-bond acceptors (Lipinski definition) is 7. The van der Waals surface area contributed by atoms with Crippen LogP contribution in [0.4, 0.5) is 10.5 Å². The number of anilines is 1. The number of ether oxygens (including phenoxy) is 3. The first-order chi connectivity index (χ1) is 23.7. The number of rotatable bonds is 17. The molecule has 0 heterocycles. The van der Waals surface area contributed by atoms with E-state index in [1.807, 2.05) is 30.3 Å². The van der Waals surface area contributed by atoms with Crippen molar-refractivity contribution in [2.45, 2.75) is 58.1 Å². The van der Waals surface area contributed by atoms with Crippen LogP contribution in [-0.4, -0.2) is 48.7 Å². The molecule has 256 valence electrons. The summed E-state index contributed by atoms with van der Waals surface area (Å²) in [5, 5.41) is 12.3. The molecule has 0 saturated carbocycles. The number of carbonyl (C=O) groups is 4. The lowest BCUT2D eigenvalue weighted by Gasteiger charge is -2.18. The van der Waals surface area contributed by atoms with E-state index in [9.17, 15) is 24.3 Å². The molecule has 10 nitrogen and oxygen atoms in total. The Labute approximate surface area is 286 Å². The molecule has 0 radical (unpaired) electrons. The third-order valence-corrected chi connectivity index (χ3v) is 7.78. The Kier molecular flexibility index (Phi) is 13.8. The van der Waals surface area contributed by atoms with E-state index in [-0.39, 0.29) is 18.6 Å². The van der Waals surface area contributed by atoms with Gasteiger partial charge in [0.15, 0.2) is 0 Å². The summed E-state index contributed by atoms with van der Waals surface area (Å²) >= 11 is 0. The van der Waals surface area contributed by atoms with Crippen LogP contribution in [0.25, 0.3) is 0 Å². The molecule has 49 heavy (non-hydrogen) atoms. The maximum absolute atomic E-state index is 12.9. The molecule has 4 rings (SSSR count). The van der Waals surface area contributed by atoms with Crippen molar-refractivity contribution in [1.82, 2.24) is 5.32 Å².